The molecule has 0 spiro atoms. The zero-order chi connectivity index (χ0) is 8.55. The molecule has 0 saturated heterocycles. The molecule has 0 bridgehead atoms. The van der Waals surface area contributed by atoms with Gasteiger partial charge >= 0.3 is 5.76 Å². The van der Waals surface area contributed by atoms with Gasteiger partial charge in [-0.25, -0.2) is 9.89 Å². The van der Waals surface area contributed by atoms with Gasteiger partial charge in [0, 0.05) is 4.88 Å². The Bertz CT molecular complexity index is 440. The van der Waals surface area contributed by atoms with E-state index in [0.717, 1.165) is 9.75 Å². The Balaban J connectivity index is 2.50. The molecule has 0 unspecified atom stereocenters. The summed E-state index contributed by atoms with van der Waals surface area (Å²) < 4.78 is 4.77. The molecule has 1 N–H and O–H groups in total. The minimum atomic E-state index is -0.518. The van der Waals surface area contributed by atoms with E-state index in [9.17, 15) is 4.79 Å². The first-order chi connectivity index (χ1) is 5.75. The van der Waals surface area contributed by atoms with Crippen LogP contribution in [0.5, 0.6) is 0 Å². The highest BCUT2D eigenvalue weighted by atomic mass is 32.1. The molecule has 0 aliphatic rings. The maximum Gasteiger partial charge on any atom is 0.434 e. The number of rotatable bonds is 1. The normalized spacial score (nSPS) is 10.4. The van der Waals surface area contributed by atoms with Crippen LogP contribution in [0.25, 0.3) is 10.8 Å². The summed E-state index contributed by atoms with van der Waals surface area (Å²) in [5.74, 6) is -0.158. The van der Waals surface area contributed by atoms with Gasteiger partial charge in [0.1, 0.15) is 0 Å². The minimum absolute atomic E-state index is 0.359. The summed E-state index contributed by atoms with van der Waals surface area (Å²) in [6, 6.07) is 3.83. The fraction of sp³-hybridized carbons (Fsp3) is 0.143. The van der Waals surface area contributed by atoms with Crippen LogP contribution in [0.3, 0.4) is 0 Å². The number of aromatic nitrogens is 2. The molecule has 0 atom stereocenters. The van der Waals surface area contributed by atoms with Crippen molar-refractivity contribution in [2.75, 3.05) is 0 Å². The lowest BCUT2D eigenvalue weighted by atomic mass is 10.4. The molecule has 5 heteroatoms. The van der Waals surface area contributed by atoms with E-state index in [1.807, 2.05) is 19.1 Å². The number of thiophene rings is 1. The summed E-state index contributed by atoms with van der Waals surface area (Å²) in [5.41, 5.74) is 0. The van der Waals surface area contributed by atoms with Gasteiger partial charge in [0.2, 0.25) is 0 Å². The summed E-state index contributed by atoms with van der Waals surface area (Å²) in [4.78, 5) is 12.6. The van der Waals surface area contributed by atoms with Crippen molar-refractivity contribution in [3.63, 3.8) is 0 Å². The Morgan fingerprint density at radius 3 is 2.92 bits per heavy atom. The third kappa shape index (κ3) is 1.18. The summed E-state index contributed by atoms with van der Waals surface area (Å²) in [6.45, 7) is 1.99. The maximum atomic E-state index is 10.6. The lowest BCUT2D eigenvalue weighted by Gasteiger charge is -1.82. The topological polar surface area (TPSA) is 58.9 Å². The van der Waals surface area contributed by atoms with Crippen molar-refractivity contribution < 1.29 is 4.42 Å². The Kier molecular flexibility index (Phi) is 1.58. The second-order valence-corrected chi connectivity index (χ2v) is 3.62. The molecule has 2 aromatic heterocycles. The van der Waals surface area contributed by atoms with Gasteiger partial charge in [-0.3, -0.25) is 0 Å². The van der Waals surface area contributed by atoms with E-state index in [4.69, 9.17) is 4.42 Å². The second kappa shape index (κ2) is 2.60. The average Bonchev–Trinajstić information content (AvgIpc) is 2.58. The van der Waals surface area contributed by atoms with Gasteiger partial charge in [0.15, 0.2) is 0 Å². The first-order valence-corrected chi connectivity index (χ1v) is 4.20. The monoisotopic (exact) mass is 182 g/mol. The third-order valence-electron chi connectivity index (χ3n) is 1.39. The van der Waals surface area contributed by atoms with Crippen LogP contribution in [-0.4, -0.2) is 10.2 Å². The number of nitrogens with one attached hydrogen (secondary N) is 1. The van der Waals surface area contributed by atoms with E-state index in [1.54, 1.807) is 0 Å². The molecule has 62 valence electrons. The van der Waals surface area contributed by atoms with Crippen molar-refractivity contribution in [1.82, 2.24) is 10.2 Å². The molecule has 0 aliphatic heterocycles. The number of hydrogen-bond acceptors (Lipinski definition) is 4. The van der Waals surface area contributed by atoms with Crippen LogP contribution in [0.1, 0.15) is 4.88 Å². The number of H-pyrrole nitrogens is 1. The number of aromatic amines is 1. The molecule has 0 aromatic carbocycles. The van der Waals surface area contributed by atoms with Gasteiger partial charge < -0.3 is 4.42 Å². The molecule has 0 radical (unpaired) electrons. The predicted octanol–water partition coefficient (Wildman–Crippen LogP) is 1.40. The summed E-state index contributed by atoms with van der Waals surface area (Å²) in [6.07, 6.45) is 0. The van der Waals surface area contributed by atoms with E-state index in [1.165, 1.54) is 11.3 Å². The van der Waals surface area contributed by atoms with Crippen LogP contribution in [0.15, 0.2) is 21.3 Å². The molecule has 0 fully saturated rings. The quantitative estimate of drug-likeness (QED) is 0.725. The Hall–Kier alpha value is -1.36. The van der Waals surface area contributed by atoms with Gasteiger partial charge in [-0.15, -0.1) is 16.4 Å². The van der Waals surface area contributed by atoms with Gasteiger partial charge in [-0.2, -0.15) is 0 Å². The van der Waals surface area contributed by atoms with Crippen molar-refractivity contribution in [3.8, 4) is 10.8 Å². The molecule has 0 aliphatic carbocycles. The molecule has 2 aromatic rings. The summed E-state index contributed by atoms with van der Waals surface area (Å²) in [7, 11) is 0. The minimum Gasteiger partial charge on any atom is -0.387 e. The van der Waals surface area contributed by atoms with Crippen LogP contribution < -0.4 is 5.76 Å². The summed E-state index contributed by atoms with van der Waals surface area (Å²) >= 11 is 1.54. The van der Waals surface area contributed by atoms with E-state index >= 15 is 0 Å². The first kappa shape index (κ1) is 7.30. The van der Waals surface area contributed by atoms with Crippen LogP contribution in [0.4, 0.5) is 0 Å². The molecule has 12 heavy (non-hydrogen) atoms. The van der Waals surface area contributed by atoms with Gasteiger partial charge in [-0.05, 0) is 19.1 Å². The van der Waals surface area contributed by atoms with Crippen molar-refractivity contribution in [1.29, 1.82) is 0 Å². The van der Waals surface area contributed by atoms with Gasteiger partial charge in [0.05, 0.1) is 4.88 Å². The Morgan fingerprint density at radius 1 is 1.58 bits per heavy atom. The smallest absolute Gasteiger partial charge is 0.387 e. The fourth-order valence-electron chi connectivity index (χ4n) is 0.885. The third-order valence-corrected chi connectivity index (χ3v) is 2.38. The van der Waals surface area contributed by atoms with Crippen LogP contribution >= 0.6 is 11.3 Å². The Labute approximate surface area is 71.9 Å². The largest absolute Gasteiger partial charge is 0.434 e. The lowest BCUT2D eigenvalue weighted by molar-refractivity contribution is 0.528. The SMILES string of the molecule is Cc1ccc(-c2n[nH]c(=O)o2)s1. The van der Waals surface area contributed by atoms with E-state index in [0.29, 0.717) is 5.89 Å². The van der Waals surface area contributed by atoms with Crippen LogP contribution in [0.2, 0.25) is 0 Å². The van der Waals surface area contributed by atoms with Crippen molar-refractivity contribution in [3.05, 3.63) is 27.6 Å². The highest BCUT2D eigenvalue weighted by Gasteiger charge is 2.06. The molecular formula is C7H6N2O2S. The number of hydrogen-bond donors (Lipinski definition) is 1. The first-order valence-electron chi connectivity index (χ1n) is 3.38. The van der Waals surface area contributed by atoms with E-state index < -0.39 is 5.76 Å². The molecule has 2 rings (SSSR count). The van der Waals surface area contributed by atoms with Crippen LogP contribution in [-0.2, 0) is 0 Å². The van der Waals surface area contributed by atoms with Crippen molar-refractivity contribution in [2.24, 2.45) is 0 Å². The van der Waals surface area contributed by atoms with Gasteiger partial charge in [-0.1, -0.05) is 0 Å². The molecule has 4 nitrogen and oxygen atoms in total. The van der Waals surface area contributed by atoms with E-state index in [-0.39, 0.29) is 0 Å². The Morgan fingerprint density at radius 2 is 2.42 bits per heavy atom. The van der Waals surface area contributed by atoms with E-state index in [2.05, 4.69) is 10.2 Å². The van der Waals surface area contributed by atoms with Gasteiger partial charge in [0.25, 0.3) is 5.89 Å². The average molecular weight is 182 g/mol. The highest BCUT2D eigenvalue weighted by Crippen LogP contribution is 2.24. The zero-order valence-electron chi connectivity index (χ0n) is 6.33. The predicted molar refractivity (Wildman–Crippen MR) is 45.2 cm³/mol. The molecular weight excluding hydrogens is 176 g/mol. The number of aryl methyl sites for hydroxylation is 1. The van der Waals surface area contributed by atoms with Crippen molar-refractivity contribution >= 4 is 11.3 Å². The van der Waals surface area contributed by atoms with Crippen LogP contribution in [0, 0.1) is 6.92 Å². The molecule has 0 amide bonds. The standard InChI is InChI=1S/C7H6N2O2S/c1-4-2-3-5(12-4)6-8-9-7(10)11-6/h2-3H,1H3,(H,9,10). The lowest BCUT2D eigenvalue weighted by Crippen LogP contribution is -1.93. The number of nitrogens with zero attached hydrogens (tertiary/aromatic N) is 1. The molecule has 0 saturated carbocycles. The molecule has 2 heterocycles. The maximum absolute atomic E-state index is 10.6. The second-order valence-electron chi connectivity index (χ2n) is 2.33. The fourth-order valence-corrected chi connectivity index (χ4v) is 1.68. The highest BCUT2D eigenvalue weighted by molar-refractivity contribution is 7.15. The van der Waals surface area contributed by atoms with Crippen molar-refractivity contribution in [2.45, 2.75) is 6.92 Å². The summed E-state index contributed by atoms with van der Waals surface area (Å²) in [5, 5.41) is 5.92. The zero-order valence-corrected chi connectivity index (χ0v) is 7.14.